The van der Waals surface area contributed by atoms with E-state index in [4.69, 9.17) is 16.3 Å². The van der Waals surface area contributed by atoms with Crippen molar-refractivity contribution in [3.8, 4) is 0 Å². The molecule has 18 heavy (non-hydrogen) atoms. The first kappa shape index (κ1) is 14.1. The molecule has 0 unspecified atom stereocenters. The van der Waals surface area contributed by atoms with E-state index in [-0.39, 0.29) is 0 Å². The molecule has 0 spiro atoms. The van der Waals surface area contributed by atoms with Gasteiger partial charge in [-0.3, -0.25) is 0 Å². The van der Waals surface area contributed by atoms with Crippen molar-refractivity contribution in [3.63, 3.8) is 0 Å². The fourth-order valence-corrected chi connectivity index (χ4v) is 2.33. The van der Waals surface area contributed by atoms with E-state index in [0.29, 0.717) is 5.88 Å². The average Bonchev–Trinajstić information content (AvgIpc) is 3.18. The van der Waals surface area contributed by atoms with Gasteiger partial charge in [0.1, 0.15) is 5.82 Å². The van der Waals surface area contributed by atoms with Gasteiger partial charge in [0.05, 0.1) is 12.5 Å². The lowest BCUT2D eigenvalue weighted by atomic mass is 10.3. The second-order valence-electron chi connectivity index (χ2n) is 4.71. The van der Waals surface area contributed by atoms with Crippen LogP contribution in [0.15, 0.2) is 16.7 Å². The van der Waals surface area contributed by atoms with Crippen LogP contribution in [0.2, 0.25) is 0 Å². The molecule has 0 aliphatic heterocycles. The highest BCUT2D eigenvalue weighted by molar-refractivity contribution is 9.10. The number of nitrogens with zero attached hydrogens (tertiary/aromatic N) is 2. The average molecular weight is 334 g/mol. The van der Waals surface area contributed by atoms with Gasteiger partial charge in [0.25, 0.3) is 0 Å². The molecular weight excluding hydrogens is 316 g/mol. The number of halogens is 2. The number of anilines is 1. The number of alkyl halides is 1. The topological polar surface area (TPSA) is 25.4 Å². The molecule has 1 saturated carbocycles. The molecule has 3 nitrogen and oxygen atoms in total. The van der Waals surface area contributed by atoms with Crippen LogP contribution in [-0.2, 0) is 10.6 Å². The van der Waals surface area contributed by atoms with Crippen molar-refractivity contribution < 1.29 is 4.74 Å². The molecule has 2 rings (SSSR count). The minimum atomic E-state index is 0.467. The van der Waals surface area contributed by atoms with Gasteiger partial charge in [-0.2, -0.15) is 0 Å². The summed E-state index contributed by atoms with van der Waals surface area (Å²) in [7, 11) is 2.02. The second-order valence-corrected chi connectivity index (χ2v) is 5.89. The quantitative estimate of drug-likeness (QED) is 0.564. The van der Waals surface area contributed by atoms with Gasteiger partial charge in [-0.25, -0.2) is 4.98 Å². The van der Waals surface area contributed by atoms with Gasteiger partial charge in [0.2, 0.25) is 0 Å². The predicted octanol–water partition coefficient (Wildman–Crippen LogP) is 3.45. The highest BCUT2D eigenvalue weighted by atomic mass is 79.9. The smallest absolute Gasteiger partial charge is 0.132 e. The fourth-order valence-electron chi connectivity index (χ4n) is 1.76. The maximum absolute atomic E-state index is 5.94. The molecule has 5 heteroatoms. The summed E-state index contributed by atoms with van der Waals surface area (Å²) >= 11 is 9.35. The molecule has 0 saturated heterocycles. The van der Waals surface area contributed by atoms with Crippen LogP contribution in [0.4, 0.5) is 5.82 Å². The lowest BCUT2D eigenvalue weighted by Gasteiger charge is -2.20. The summed E-state index contributed by atoms with van der Waals surface area (Å²) in [4.78, 5) is 6.51. The number of pyridine rings is 1. The van der Waals surface area contributed by atoms with Gasteiger partial charge >= 0.3 is 0 Å². The summed E-state index contributed by atoms with van der Waals surface area (Å²) in [6.45, 7) is 2.49. The molecule has 0 aromatic carbocycles. The Hall–Kier alpha value is -0.320. The van der Waals surface area contributed by atoms with Crippen LogP contribution in [0.5, 0.6) is 0 Å². The Labute approximate surface area is 122 Å². The maximum atomic E-state index is 5.94. The summed E-state index contributed by atoms with van der Waals surface area (Å²) < 4.78 is 6.59. The highest BCUT2D eigenvalue weighted by Crippen LogP contribution is 2.28. The van der Waals surface area contributed by atoms with Crippen molar-refractivity contribution in [2.75, 3.05) is 31.7 Å². The van der Waals surface area contributed by atoms with Gasteiger partial charge in [-0.05, 0) is 40.8 Å². The van der Waals surface area contributed by atoms with Crippen molar-refractivity contribution in [2.24, 2.45) is 5.92 Å². The van der Waals surface area contributed by atoms with E-state index in [2.05, 4.69) is 25.8 Å². The Kier molecular flexibility index (Phi) is 5.27. The van der Waals surface area contributed by atoms with E-state index in [9.17, 15) is 0 Å². The maximum Gasteiger partial charge on any atom is 0.132 e. The predicted molar refractivity (Wildman–Crippen MR) is 78.3 cm³/mol. The lowest BCUT2D eigenvalue weighted by molar-refractivity contribution is 0.130. The summed E-state index contributed by atoms with van der Waals surface area (Å²) in [6, 6.07) is 2.01. The molecule has 100 valence electrons. The Morgan fingerprint density at radius 3 is 3.00 bits per heavy atom. The standard InChI is InChI=1S/C13H18BrClN2O/c1-17(4-5-18-9-10-2-3-10)13-11(7-15)6-12(14)8-16-13/h6,8,10H,2-5,7,9H2,1H3. The van der Waals surface area contributed by atoms with Crippen LogP contribution >= 0.6 is 27.5 Å². The van der Waals surface area contributed by atoms with Crippen LogP contribution in [0.1, 0.15) is 18.4 Å². The van der Waals surface area contributed by atoms with Crippen LogP contribution in [0, 0.1) is 5.92 Å². The zero-order valence-corrected chi connectivity index (χ0v) is 12.9. The SMILES string of the molecule is CN(CCOCC1CC1)c1ncc(Br)cc1CCl. The van der Waals surface area contributed by atoms with E-state index < -0.39 is 0 Å². The van der Waals surface area contributed by atoms with Crippen molar-refractivity contribution in [1.82, 2.24) is 4.98 Å². The molecule has 1 aromatic heterocycles. The highest BCUT2D eigenvalue weighted by Gasteiger charge is 2.21. The minimum Gasteiger partial charge on any atom is -0.379 e. The molecule has 1 aliphatic rings. The molecule has 1 aromatic rings. The van der Waals surface area contributed by atoms with Gasteiger partial charge < -0.3 is 9.64 Å². The van der Waals surface area contributed by atoms with Gasteiger partial charge in [0, 0.05) is 36.4 Å². The van der Waals surface area contributed by atoms with Crippen molar-refractivity contribution >= 4 is 33.3 Å². The van der Waals surface area contributed by atoms with E-state index in [1.807, 2.05) is 13.1 Å². The lowest BCUT2D eigenvalue weighted by Crippen LogP contribution is -2.25. The van der Waals surface area contributed by atoms with Crippen LogP contribution in [0.3, 0.4) is 0 Å². The number of hydrogen-bond donors (Lipinski definition) is 0. The van der Waals surface area contributed by atoms with Crippen molar-refractivity contribution in [1.29, 1.82) is 0 Å². The van der Waals surface area contributed by atoms with Crippen LogP contribution < -0.4 is 4.90 Å². The Morgan fingerprint density at radius 1 is 1.56 bits per heavy atom. The first-order valence-corrected chi connectivity index (χ1v) is 7.52. The third-order valence-corrected chi connectivity index (χ3v) is 3.76. The van der Waals surface area contributed by atoms with Crippen LogP contribution in [0.25, 0.3) is 0 Å². The Bertz CT molecular complexity index is 399. The molecule has 1 fully saturated rings. The third kappa shape index (κ3) is 4.11. The van der Waals surface area contributed by atoms with Gasteiger partial charge in [-0.15, -0.1) is 11.6 Å². The summed E-state index contributed by atoms with van der Waals surface area (Å²) in [5.41, 5.74) is 1.04. The second kappa shape index (κ2) is 6.73. The largest absolute Gasteiger partial charge is 0.379 e. The van der Waals surface area contributed by atoms with E-state index >= 15 is 0 Å². The first-order chi connectivity index (χ1) is 8.70. The number of likely N-dealkylation sites (N-methyl/N-ethyl adjacent to an activating group) is 1. The molecule has 0 N–H and O–H groups in total. The zero-order chi connectivity index (χ0) is 13.0. The number of hydrogen-bond acceptors (Lipinski definition) is 3. The summed E-state index contributed by atoms with van der Waals surface area (Å²) in [5, 5.41) is 0. The van der Waals surface area contributed by atoms with Crippen molar-refractivity contribution in [3.05, 3.63) is 22.3 Å². The van der Waals surface area contributed by atoms with E-state index in [1.54, 1.807) is 6.20 Å². The monoisotopic (exact) mass is 332 g/mol. The molecule has 0 atom stereocenters. The minimum absolute atomic E-state index is 0.467. The van der Waals surface area contributed by atoms with Crippen LogP contribution in [-0.4, -0.2) is 31.8 Å². The fraction of sp³-hybridized carbons (Fsp3) is 0.615. The molecule has 0 radical (unpaired) electrons. The molecule has 1 aliphatic carbocycles. The molecule has 0 bridgehead atoms. The normalized spacial score (nSPS) is 14.8. The summed E-state index contributed by atoms with van der Waals surface area (Å²) in [6.07, 6.45) is 4.47. The van der Waals surface area contributed by atoms with E-state index in [1.165, 1.54) is 12.8 Å². The van der Waals surface area contributed by atoms with Gasteiger partial charge in [0.15, 0.2) is 0 Å². The number of ether oxygens (including phenoxy) is 1. The summed E-state index contributed by atoms with van der Waals surface area (Å²) in [5.74, 6) is 2.22. The van der Waals surface area contributed by atoms with E-state index in [0.717, 1.165) is 41.5 Å². The number of aromatic nitrogens is 1. The molecular formula is C13H18BrClN2O. The zero-order valence-electron chi connectivity index (χ0n) is 10.5. The Morgan fingerprint density at radius 2 is 2.33 bits per heavy atom. The van der Waals surface area contributed by atoms with Crippen molar-refractivity contribution in [2.45, 2.75) is 18.7 Å². The third-order valence-electron chi connectivity index (χ3n) is 3.04. The number of rotatable bonds is 7. The molecule has 0 amide bonds. The van der Waals surface area contributed by atoms with Gasteiger partial charge in [-0.1, -0.05) is 0 Å². The Balaban J connectivity index is 1.84. The molecule has 1 heterocycles. The first-order valence-electron chi connectivity index (χ1n) is 6.20.